The summed E-state index contributed by atoms with van der Waals surface area (Å²) in [5.41, 5.74) is 1.78. The van der Waals surface area contributed by atoms with Crippen LogP contribution in [0.2, 0.25) is 0 Å². The monoisotopic (exact) mass is 909 g/mol. The first-order chi connectivity index (χ1) is 27.4. The number of nitrogens with zero attached hydrogens (tertiary/aromatic N) is 1. The number of benzene rings is 3. The van der Waals surface area contributed by atoms with Gasteiger partial charge in [0.25, 0.3) is 0 Å². The van der Waals surface area contributed by atoms with Gasteiger partial charge in [-0.25, -0.2) is 17.4 Å². The standard InChI is InChI=1S/C38H51N3O12S2.C2H6O.K.H2O.H/c1-5-7-18-38(6-2)23-54(46,47)30-17-16-27(41(3)4)20-28(30)31(35(38)44)25-14-11-15-26(19-25)39-37(45)40-36-33(43)34(51-21-24-12-9-8-10-13-24)32(42)29(53-36)22-52-55(48,49)50;1-2-3;;;/h8-17,19-20,29,31-36,42-44H,5-7,18,21-23H2,1-4H3,(H2,39,40,45)(H,48,49,50);3H,2H2,1H3;;1H2;/t29-,31-,32-,33-,34+,35-,36-,38-;;;;/m1..../s1. The molecule has 0 aliphatic carbocycles. The number of amides is 2. The van der Waals surface area contributed by atoms with Crippen molar-refractivity contribution < 1.29 is 65.7 Å². The normalized spacial score (nSPS) is 25.7. The molecule has 0 spiro atoms. The number of fused-ring (bicyclic) bond motifs is 1. The van der Waals surface area contributed by atoms with E-state index in [0.29, 0.717) is 29.5 Å². The SMILES string of the molecule is CCCC[C@]1(CC)CS(=O)(=O)c2ccc(N(C)C)cc2[C@@H](c2cccc(NC(=O)N[C@@H]3O[C@H](COS(=O)(=O)O)[C@@H](O)[C@H](OCc4ccccc4)[C@H]3O)c2)[C@H]1O.CCO.O.[KH]. The summed E-state index contributed by atoms with van der Waals surface area (Å²) in [6.45, 7) is 4.93. The van der Waals surface area contributed by atoms with Crippen molar-refractivity contribution in [1.29, 1.82) is 0 Å². The van der Waals surface area contributed by atoms with Crippen molar-refractivity contribution >= 4 is 89.0 Å². The summed E-state index contributed by atoms with van der Waals surface area (Å²) in [4.78, 5) is 15.5. The Morgan fingerprint density at radius 1 is 0.983 bits per heavy atom. The molecule has 3 aromatic rings. The molecule has 5 rings (SSSR count). The Labute approximate surface area is 395 Å². The Balaban J connectivity index is 0.00000241. The van der Waals surface area contributed by atoms with E-state index in [1.807, 2.05) is 32.8 Å². The Hall–Kier alpha value is -2.09. The van der Waals surface area contributed by atoms with Gasteiger partial charge in [-0.1, -0.05) is 69.2 Å². The van der Waals surface area contributed by atoms with Crippen LogP contribution in [0.15, 0.2) is 77.7 Å². The van der Waals surface area contributed by atoms with Crippen LogP contribution in [0.5, 0.6) is 0 Å². The second-order valence-electron chi connectivity index (χ2n) is 14.7. The third-order valence-corrected chi connectivity index (χ3v) is 12.9. The Kier molecular flexibility index (Phi) is 21.7. The molecule has 60 heavy (non-hydrogen) atoms. The van der Waals surface area contributed by atoms with Crippen LogP contribution in [0.25, 0.3) is 0 Å². The van der Waals surface area contributed by atoms with Gasteiger partial charge in [0.15, 0.2) is 16.1 Å². The second kappa shape index (κ2) is 24.1. The third kappa shape index (κ3) is 14.0. The fourth-order valence-electron chi connectivity index (χ4n) is 7.42. The summed E-state index contributed by atoms with van der Waals surface area (Å²) >= 11 is 0. The van der Waals surface area contributed by atoms with Gasteiger partial charge < -0.3 is 50.9 Å². The minimum atomic E-state index is -4.93. The van der Waals surface area contributed by atoms with Crippen molar-refractivity contribution in [3.8, 4) is 0 Å². The number of carbonyl (C=O) groups is 1. The first-order valence-corrected chi connectivity index (χ1v) is 22.2. The number of hydrogen-bond acceptors (Lipinski definition) is 13. The topological polar surface area (TPSA) is 273 Å². The predicted octanol–water partition coefficient (Wildman–Crippen LogP) is 2.12. The van der Waals surface area contributed by atoms with Crippen LogP contribution in [-0.2, 0) is 40.5 Å². The number of aliphatic hydroxyl groups excluding tert-OH is 4. The van der Waals surface area contributed by atoms with Crippen molar-refractivity contribution in [3.63, 3.8) is 0 Å². The maximum atomic E-state index is 14.0. The number of ether oxygens (including phenoxy) is 2. The van der Waals surface area contributed by atoms with Crippen molar-refractivity contribution in [2.75, 3.05) is 43.3 Å². The van der Waals surface area contributed by atoms with Crippen LogP contribution in [0.4, 0.5) is 16.2 Å². The Bertz CT molecular complexity index is 2030. The van der Waals surface area contributed by atoms with E-state index in [1.165, 1.54) is 0 Å². The number of unbranched alkanes of at least 4 members (excludes halogenated alkanes) is 1. The van der Waals surface area contributed by atoms with Crippen molar-refractivity contribution in [1.82, 2.24) is 5.32 Å². The molecule has 3 aromatic carbocycles. The van der Waals surface area contributed by atoms with E-state index in [0.717, 1.165) is 18.5 Å². The van der Waals surface area contributed by atoms with Crippen LogP contribution >= 0.6 is 0 Å². The maximum absolute atomic E-state index is 14.0. The zero-order valence-corrected chi connectivity index (χ0v) is 35.5. The molecule has 0 aromatic heterocycles. The van der Waals surface area contributed by atoms with Gasteiger partial charge in [-0.15, -0.1) is 0 Å². The van der Waals surface area contributed by atoms with Crippen molar-refractivity contribution in [2.45, 2.75) is 101 Å². The molecule has 20 heteroatoms. The first kappa shape index (κ1) is 54.0. The van der Waals surface area contributed by atoms with Crippen molar-refractivity contribution in [3.05, 3.63) is 89.5 Å². The van der Waals surface area contributed by atoms with Gasteiger partial charge in [0.05, 0.1) is 30.0 Å². The van der Waals surface area contributed by atoms with Gasteiger partial charge in [-0.3, -0.25) is 4.55 Å². The van der Waals surface area contributed by atoms with Crippen LogP contribution in [0.3, 0.4) is 0 Å². The minimum absolute atomic E-state index is 0. The molecular formula is C40H60KN3O14S2. The van der Waals surface area contributed by atoms with Crippen LogP contribution < -0.4 is 15.5 Å². The first-order valence-electron chi connectivity index (χ1n) is 19.2. The molecule has 0 unspecified atom stereocenters. The average Bonchev–Trinajstić information content (AvgIpc) is 3.24. The van der Waals surface area contributed by atoms with Crippen LogP contribution in [0, 0.1) is 5.41 Å². The van der Waals surface area contributed by atoms with Gasteiger partial charge >= 0.3 is 67.8 Å². The summed E-state index contributed by atoms with van der Waals surface area (Å²) in [5.74, 6) is -1.00. The zero-order valence-electron chi connectivity index (χ0n) is 33.9. The van der Waals surface area contributed by atoms with E-state index in [9.17, 15) is 36.9 Å². The molecule has 332 valence electrons. The summed E-state index contributed by atoms with van der Waals surface area (Å²) < 4.78 is 75.7. The molecule has 2 aliphatic rings. The summed E-state index contributed by atoms with van der Waals surface area (Å²) in [5, 5.41) is 47.2. The predicted molar refractivity (Wildman–Crippen MR) is 228 cm³/mol. The van der Waals surface area contributed by atoms with Crippen LogP contribution in [-0.4, -0.2) is 175 Å². The quantitative estimate of drug-likeness (QED) is 0.0903. The molecule has 1 fully saturated rings. The van der Waals surface area contributed by atoms with Gasteiger partial charge in [0, 0.05) is 43.4 Å². The number of hydrogen-bond donors (Lipinski definition) is 7. The number of aliphatic hydroxyl groups is 4. The summed E-state index contributed by atoms with van der Waals surface area (Å²) in [7, 11) is -5.07. The van der Waals surface area contributed by atoms with Gasteiger partial charge in [0.2, 0.25) is 0 Å². The number of anilines is 2. The summed E-state index contributed by atoms with van der Waals surface area (Å²) in [6, 6.07) is 19.8. The van der Waals surface area contributed by atoms with E-state index in [4.69, 9.17) is 19.1 Å². The second-order valence-corrected chi connectivity index (χ2v) is 17.8. The molecule has 0 bridgehead atoms. The van der Waals surface area contributed by atoms with E-state index in [2.05, 4.69) is 14.8 Å². The fraction of sp³-hybridized carbons (Fsp3) is 0.525. The molecule has 0 radical (unpaired) electrons. The van der Waals surface area contributed by atoms with Crippen LogP contribution in [0.1, 0.15) is 69.1 Å². The average molecular weight is 910 g/mol. The number of sulfone groups is 1. The van der Waals surface area contributed by atoms with E-state index in [-0.39, 0.29) is 86.4 Å². The van der Waals surface area contributed by atoms with Crippen molar-refractivity contribution in [2.24, 2.45) is 5.41 Å². The number of rotatable bonds is 14. The Morgan fingerprint density at radius 2 is 1.65 bits per heavy atom. The van der Waals surface area contributed by atoms with E-state index < -0.39 is 81.0 Å². The van der Waals surface area contributed by atoms with Gasteiger partial charge in [-0.05, 0) is 66.8 Å². The zero-order chi connectivity index (χ0) is 42.8. The molecule has 2 heterocycles. The molecule has 2 amide bonds. The number of nitrogens with one attached hydrogen (secondary N) is 2. The van der Waals surface area contributed by atoms with E-state index >= 15 is 0 Å². The molecular weight excluding hydrogens is 850 g/mol. The molecule has 8 atom stereocenters. The third-order valence-electron chi connectivity index (χ3n) is 10.5. The molecule has 9 N–H and O–H groups in total. The summed E-state index contributed by atoms with van der Waals surface area (Å²) in [6.07, 6.45) is -6.32. The molecule has 1 saturated heterocycles. The van der Waals surface area contributed by atoms with Gasteiger partial charge in [-0.2, -0.15) is 8.42 Å². The number of urea groups is 1. The fourth-order valence-corrected chi connectivity index (χ4v) is 9.98. The number of carbonyl (C=O) groups excluding carboxylic acids is 1. The Morgan fingerprint density at radius 3 is 2.25 bits per heavy atom. The van der Waals surface area contributed by atoms with E-state index in [1.54, 1.807) is 79.7 Å². The molecule has 17 nitrogen and oxygen atoms in total. The molecule has 2 aliphatic heterocycles. The van der Waals surface area contributed by atoms with Gasteiger partial charge in [0.1, 0.15) is 24.4 Å². The molecule has 0 saturated carbocycles.